The van der Waals surface area contributed by atoms with Crippen LogP contribution in [0.1, 0.15) is 30.3 Å². The lowest BCUT2D eigenvalue weighted by atomic mass is 10.2. The van der Waals surface area contributed by atoms with E-state index in [4.69, 9.17) is 5.11 Å². The summed E-state index contributed by atoms with van der Waals surface area (Å²) in [6.07, 6.45) is 4.94. The first-order chi connectivity index (χ1) is 9.65. The Labute approximate surface area is 119 Å². The highest BCUT2D eigenvalue weighted by atomic mass is 16.3. The zero-order chi connectivity index (χ0) is 14.5. The summed E-state index contributed by atoms with van der Waals surface area (Å²) in [6.45, 7) is 8.48. The Morgan fingerprint density at radius 2 is 2.10 bits per heavy atom. The molecular weight excluding hydrogens is 254 g/mol. The summed E-state index contributed by atoms with van der Waals surface area (Å²) in [5.41, 5.74) is 4.31. The van der Waals surface area contributed by atoms with Crippen LogP contribution in [-0.4, -0.2) is 31.3 Å². The molecule has 0 aromatic carbocycles. The summed E-state index contributed by atoms with van der Waals surface area (Å²) in [7, 11) is 0. The van der Waals surface area contributed by atoms with Gasteiger partial charge in [0.15, 0.2) is 0 Å². The van der Waals surface area contributed by atoms with Crippen LogP contribution in [0.5, 0.6) is 0 Å². The third-order valence-corrected chi connectivity index (χ3v) is 3.40. The second-order valence-electron chi connectivity index (χ2n) is 4.94. The molecule has 110 valence electrons. The number of aliphatic hydroxyl groups is 1. The van der Waals surface area contributed by atoms with E-state index < -0.39 is 0 Å². The van der Waals surface area contributed by atoms with Crippen molar-refractivity contribution in [2.45, 2.75) is 46.8 Å². The van der Waals surface area contributed by atoms with Gasteiger partial charge in [-0.2, -0.15) is 10.2 Å². The lowest BCUT2D eigenvalue weighted by molar-refractivity contribution is 0.268. The molecule has 0 amide bonds. The van der Waals surface area contributed by atoms with Crippen LogP contribution < -0.4 is 5.32 Å². The van der Waals surface area contributed by atoms with Gasteiger partial charge in [0.2, 0.25) is 0 Å². The maximum absolute atomic E-state index is 9.02. The molecule has 0 unspecified atom stereocenters. The summed E-state index contributed by atoms with van der Waals surface area (Å²) in [5, 5.41) is 21.1. The predicted octanol–water partition coefficient (Wildman–Crippen LogP) is 1.71. The number of anilines is 1. The Balaban J connectivity index is 2.02. The van der Waals surface area contributed by atoms with Crippen molar-refractivity contribution in [3.63, 3.8) is 0 Å². The van der Waals surface area contributed by atoms with E-state index in [1.807, 2.05) is 35.6 Å². The molecule has 6 nitrogen and oxygen atoms in total. The molecule has 2 heterocycles. The summed E-state index contributed by atoms with van der Waals surface area (Å²) < 4.78 is 3.80. The third kappa shape index (κ3) is 3.19. The molecule has 6 heteroatoms. The highest BCUT2D eigenvalue weighted by Gasteiger charge is 2.11. The Kier molecular flexibility index (Phi) is 4.79. The van der Waals surface area contributed by atoms with E-state index in [0.29, 0.717) is 6.54 Å². The number of aromatic nitrogens is 4. The van der Waals surface area contributed by atoms with Crippen LogP contribution in [0.25, 0.3) is 0 Å². The highest BCUT2D eigenvalue weighted by Crippen LogP contribution is 2.15. The number of hydrogen-bond acceptors (Lipinski definition) is 4. The Hall–Kier alpha value is -1.82. The molecule has 0 bridgehead atoms. The standard InChI is InChI=1S/C14H23N5O/c1-4-5-18-10-13(8-16-18)15-9-14-11(2)17-19(6-7-20)12(14)3/h8,10,15,20H,4-7,9H2,1-3H3. The molecule has 2 aromatic heterocycles. The van der Waals surface area contributed by atoms with E-state index in [9.17, 15) is 0 Å². The maximum Gasteiger partial charge on any atom is 0.0729 e. The van der Waals surface area contributed by atoms with Gasteiger partial charge in [-0.3, -0.25) is 9.36 Å². The van der Waals surface area contributed by atoms with Crippen molar-refractivity contribution in [2.75, 3.05) is 11.9 Å². The quantitative estimate of drug-likeness (QED) is 0.808. The molecule has 0 fully saturated rings. The molecule has 0 aliphatic rings. The van der Waals surface area contributed by atoms with Gasteiger partial charge in [0, 0.05) is 30.5 Å². The van der Waals surface area contributed by atoms with Crippen LogP contribution >= 0.6 is 0 Å². The number of aliphatic hydroxyl groups excluding tert-OH is 1. The lowest BCUT2D eigenvalue weighted by Crippen LogP contribution is -2.07. The molecule has 0 saturated heterocycles. The molecule has 2 N–H and O–H groups in total. The number of rotatable bonds is 7. The lowest BCUT2D eigenvalue weighted by Gasteiger charge is -2.05. The Morgan fingerprint density at radius 3 is 2.80 bits per heavy atom. The minimum Gasteiger partial charge on any atom is -0.394 e. The van der Waals surface area contributed by atoms with Crippen LogP contribution in [0.15, 0.2) is 12.4 Å². The predicted molar refractivity (Wildman–Crippen MR) is 78.6 cm³/mol. The van der Waals surface area contributed by atoms with Crippen molar-refractivity contribution >= 4 is 5.69 Å². The number of hydrogen-bond donors (Lipinski definition) is 2. The van der Waals surface area contributed by atoms with Crippen molar-refractivity contribution in [2.24, 2.45) is 0 Å². The largest absolute Gasteiger partial charge is 0.394 e. The second-order valence-corrected chi connectivity index (χ2v) is 4.94. The fourth-order valence-electron chi connectivity index (χ4n) is 2.30. The van der Waals surface area contributed by atoms with Gasteiger partial charge in [-0.05, 0) is 20.3 Å². The molecule has 0 atom stereocenters. The van der Waals surface area contributed by atoms with Gasteiger partial charge in [-0.1, -0.05) is 6.92 Å². The summed E-state index contributed by atoms with van der Waals surface area (Å²) in [5.74, 6) is 0. The first kappa shape index (κ1) is 14.6. The van der Waals surface area contributed by atoms with E-state index in [0.717, 1.165) is 36.6 Å². The SMILES string of the molecule is CCCn1cc(NCc2c(C)nn(CCO)c2C)cn1. The summed E-state index contributed by atoms with van der Waals surface area (Å²) in [6, 6.07) is 0. The molecule has 2 rings (SSSR count). The van der Waals surface area contributed by atoms with E-state index >= 15 is 0 Å². The van der Waals surface area contributed by atoms with Crippen molar-refractivity contribution in [1.29, 1.82) is 0 Å². The maximum atomic E-state index is 9.02. The smallest absolute Gasteiger partial charge is 0.0729 e. The molecule has 20 heavy (non-hydrogen) atoms. The average molecular weight is 277 g/mol. The molecule has 0 saturated carbocycles. The first-order valence-corrected chi connectivity index (χ1v) is 7.05. The van der Waals surface area contributed by atoms with E-state index in [-0.39, 0.29) is 6.61 Å². The zero-order valence-electron chi connectivity index (χ0n) is 12.4. The van der Waals surface area contributed by atoms with Gasteiger partial charge in [0.05, 0.1) is 30.7 Å². The molecule has 2 aromatic rings. The van der Waals surface area contributed by atoms with Gasteiger partial charge in [-0.25, -0.2) is 0 Å². The van der Waals surface area contributed by atoms with E-state index in [1.54, 1.807) is 0 Å². The van der Waals surface area contributed by atoms with Gasteiger partial charge in [0.25, 0.3) is 0 Å². The zero-order valence-corrected chi connectivity index (χ0v) is 12.4. The Bertz CT molecular complexity index is 558. The third-order valence-electron chi connectivity index (χ3n) is 3.40. The van der Waals surface area contributed by atoms with Crippen LogP contribution in [0.4, 0.5) is 5.69 Å². The number of aryl methyl sites for hydroxylation is 2. The van der Waals surface area contributed by atoms with Crippen LogP contribution in [0, 0.1) is 13.8 Å². The first-order valence-electron chi connectivity index (χ1n) is 7.05. The van der Waals surface area contributed by atoms with E-state index in [2.05, 4.69) is 22.4 Å². The average Bonchev–Trinajstić information content (AvgIpc) is 2.95. The summed E-state index contributed by atoms with van der Waals surface area (Å²) >= 11 is 0. The van der Waals surface area contributed by atoms with Crippen molar-refractivity contribution in [3.8, 4) is 0 Å². The van der Waals surface area contributed by atoms with Crippen molar-refractivity contribution in [3.05, 3.63) is 29.3 Å². The van der Waals surface area contributed by atoms with Crippen LogP contribution in [0.3, 0.4) is 0 Å². The normalized spacial score (nSPS) is 11.0. The molecule has 0 aliphatic heterocycles. The molecular formula is C14H23N5O. The molecule has 0 aliphatic carbocycles. The van der Waals surface area contributed by atoms with Crippen molar-refractivity contribution < 1.29 is 5.11 Å². The fourth-order valence-corrected chi connectivity index (χ4v) is 2.30. The van der Waals surface area contributed by atoms with Gasteiger partial charge >= 0.3 is 0 Å². The van der Waals surface area contributed by atoms with E-state index in [1.165, 1.54) is 5.56 Å². The van der Waals surface area contributed by atoms with Gasteiger partial charge < -0.3 is 10.4 Å². The van der Waals surface area contributed by atoms with Gasteiger partial charge in [0.1, 0.15) is 0 Å². The minimum absolute atomic E-state index is 0.110. The molecule has 0 radical (unpaired) electrons. The fraction of sp³-hybridized carbons (Fsp3) is 0.571. The molecule has 0 spiro atoms. The monoisotopic (exact) mass is 277 g/mol. The van der Waals surface area contributed by atoms with Crippen LogP contribution in [-0.2, 0) is 19.6 Å². The highest BCUT2D eigenvalue weighted by molar-refractivity contribution is 5.40. The Morgan fingerprint density at radius 1 is 1.30 bits per heavy atom. The minimum atomic E-state index is 0.110. The van der Waals surface area contributed by atoms with Crippen LogP contribution in [0.2, 0.25) is 0 Å². The summed E-state index contributed by atoms with van der Waals surface area (Å²) in [4.78, 5) is 0. The van der Waals surface area contributed by atoms with Crippen molar-refractivity contribution in [1.82, 2.24) is 19.6 Å². The topological polar surface area (TPSA) is 67.9 Å². The second kappa shape index (κ2) is 6.56. The number of nitrogens with one attached hydrogen (secondary N) is 1. The number of nitrogens with zero attached hydrogens (tertiary/aromatic N) is 4. The van der Waals surface area contributed by atoms with Gasteiger partial charge in [-0.15, -0.1) is 0 Å².